The zero-order chi connectivity index (χ0) is 21.3. The molecule has 0 aliphatic heterocycles. The number of nitrogens with zero attached hydrogens (tertiary/aromatic N) is 1. The molecular formula is C25H23FN2O2. The van der Waals surface area contributed by atoms with Gasteiger partial charge in [-0.25, -0.2) is 9.37 Å². The van der Waals surface area contributed by atoms with Gasteiger partial charge in [0.25, 0.3) is 0 Å². The summed E-state index contributed by atoms with van der Waals surface area (Å²) in [6.45, 7) is 6.52. The fourth-order valence-corrected chi connectivity index (χ4v) is 3.23. The van der Waals surface area contributed by atoms with Crippen LogP contribution in [-0.2, 0) is 16.6 Å². The number of hydrogen-bond donors (Lipinski definition) is 1. The van der Waals surface area contributed by atoms with E-state index < -0.39 is 0 Å². The number of oxazole rings is 1. The molecule has 4 nitrogen and oxygen atoms in total. The number of hydrogen-bond acceptors (Lipinski definition) is 3. The highest BCUT2D eigenvalue weighted by atomic mass is 19.1. The fraction of sp³-hybridized carbons (Fsp3) is 0.200. The van der Waals surface area contributed by atoms with Crippen LogP contribution in [0.5, 0.6) is 0 Å². The molecule has 0 aliphatic carbocycles. The minimum atomic E-state index is -0.320. The van der Waals surface area contributed by atoms with E-state index in [1.165, 1.54) is 17.7 Å². The van der Waals surface area contributed by atoms with Crippen LogP contribution >= 0.6 is 0 Å². The van der Waals surface area contributed by atoms with E-state index in [0.29, 0.717) is 22.7 Å². The lowest BCUT2D eigenvalue weighted by Gasteiger charge is -2.18. The summed E-state index contributed by atoms with van der Waals surface area (Å²) in [5.41, 5.74) is 4.94. The maximum absolute atomic E-state index is 13.0. The molecule has 0 unspecified atom stereocenters. The Morgan fingerprint density at radius 2 is 1.70 bits per heavy atom. The third-order valence-electron chi connectivity index (χ3n) is 4.95. The number of nitrogens with one attached hydrogen (secondary N) is 1. The first-order valence-electron chi connectivity index (χ1n) is 9.84. The first-order chi connectivity index (χ1) is 14.3. The molecule has 30 heavy (non-hydrogen) atoms. The minimum absolute atomic E-state index is 0.0842. The molecule has 1 aromatic heterocycles. The van der Waals surface area contributed by atoms with Crippen LogP contribution in [0.3, 0.4) is 0 Å². The monoisotopic (exact) mass is 402 g/mol. The first kappa shape index (κ1) is 19.8. The minimum Gasteiger partial charge on any atom is -0.436 e. The summed E-state index contributed by atoms with van der Waals surface area (Å²) >= 11 is 0. The lowest BCUT2D eigenvalue weighted by atomic mass is 9.87. The van der Waals surface area contributed by atoms with Crippen LogP contribution in [-0.4, -0.2) is 10.9 Å². The molecule has 0 atom stereocenters. The normalized spacial score (nSPS) is 11.6. The van der Waals surface area contributed by atoms with Gasteiger partial charge in [-0.2, -0.15) is 0 Å². The lowest BCUT2D eigenvalue weighted by Crippen LogP contribution is -2.14. The third kappa shape index (κ3) is 4.40. The molecule has 0 saturated heterocycles. The summed E-state index contributed by atoms with van der Waals surface area (Å²) in [5.74, 6) is 0.0437. The van der Waals surface area contributed by atoms with Gasteiger partial charge in [-0.15, -0.1) is 0 Å². The molecule has 0 spiro atoms. The number of fused-ring (bicyclic) bond motifs is 1. The van der Waals surface area contributed by atoms with Crippen LogP contribution in [0, 0.1) is 5.82 Å². The average molecular weight is 402 g/mol. The summed E-state index contributed by atoms with van der Waals surface area (Å²) in [6.07, 6.45) is 0.169. The average Bonchev–Trinajstić information content (AvgIpc) is 3.12. The fourth-order valence-electron chi connectivity index (χ4n) is 3.23. The van der Waals surface area contributed by atoms with Gasteiger partial charge in [-0.3, -0.25) is 4.79 Å². The molecule has 0 fully saturated rings. The Bertz CT molecular complexity index is 1190. The predicted octanol–water partition coefficient (Wildman–Crippen LogP) is 6.11. The molecule has 3 aromatic carbocycles. The van der Waals surface area contributed by atoms with Gasteiger partial charge in [0.15, 0.2) is 5.58 Å². The van der Waals surface area contributed by atoms with E-state index in [2.05, 4.69) is 43.2 Å². The second-order valence-corrected chi connectivity index (χ2v) is 8.38. The SMILES string of the molecule is CC(C)(C)c1ccc(-c2nc3cc(NC(=O)Cc4ccc(F)cc4)ccc3o2)cc1. The van der Waals surface area contributed by atoms with E-state index >= 15 is 0 Å². The van der Waals surface area contributed by atoms with E-state index in [-0.39, 0.29) is 23.6 Å². The van der Waals surface area contributed by atoms with Gasteiger partial charge in [0, 0.05) is 11.3 Å². The number of carbonyl (C=O) groups is 1. The molecular weight excluding hydrogens is 379 g/mol. The topological polar surface area (TPSA) is 55.1 Å². The number of halogens is 1. The molecule has 0 bridgehead atoms. The van der Waals surface area contributed by atoms with Gasteiger partial charge < -0.3 is 9.73 Å². The van der Waals surface area contributed by atoms with E-state index in [0.717, 1.165) is 11.1 Å². The largest absolute Gasteiger partial charge is 0.436 e. The van der Waals surface area contributed by atoms with E-state index in [1.54, 1.807) is 30.3 Å². The van der Waals surface area contributed by atoms with Crippen molar-refractivity contribution < 1.29 is 13.6 Å². The Morgan fingerprint density at radius 1 is 1.00 bits per heavy atom. The van der Waals surface area contributed by atoms with Crippen LogP contribution in [0.15, 0.2) is 71.1 Å². The zero-order valence-corrected chi connectivity index (χ0v) is 17.2. The van der Waals surface area contributed by atoms with Crippen LogP contribution in [0.25, 0.3) is 22.6 Å². The molecule has 1 heterocycles. The van der Waals surface area contributed by atoms with Crippen molar-refractivity contribution in [2.24, 2.45) is 0 Å². The van der Waals surface area contributed by atoms with Crippen molar-refractivity contribution in [3.63, 3.8) is 0 Å². The molecule has 152 valence electrons. The van der Waals surface area contributed by atoms with Crippen LogP contribution in [0.1, 0.15) is 31.9 Å². The summed E-state index contributed by atoms with van der Waals surface area (Å²) in [5, 5.41) is 2.86. The van der Waals surface area contributed by atoms with Crippen molar-refractivity contribution in [2.45, 2.75) is 32.6 Å². The van der Waals surface area contributed by atoms with Gasteiger partial charge in [0.1, 0.15) is 11.3 Å². The Hall–Kier alpha value is -3.47. The van der Waals surface area contributed by atoms with Gasteiger partial charge >= 0.3 is 0 Å². The molecule has 0 aliphatic rings. The smallest absolute Gasteiger partial charge is 0.228 e. The molecule has 1 N–H and O–H groups in total. The van der Waals surface area contributed by atoms with Crippen molar-refractivity contribution in [3.8, 4) is 11.5 Å². The lowest BCUT2D eigenvalue weighted by molar-refractivity contribution is -0.115. The first-order valence-corrected chi connectivity index (χ1v) is 9.84. The van der Waals surface area contributed by atoms with Crippen LogP contribution in [0.2, 0.25) is 0 Å². The van der Waals surface area contributed by atoms with Crippen LogP contribution in [0.4, 0.5) is 10.1 Å². The van der Waals surface area contributed by atoms with E-state index in [4.69, 9.17) is 4.42 Å². The van der Waals surface area contributed by atoms with Crippen molar-refractivity contribution in [3.05, 3.63) is 83.7 Å². The maximum Gasteiger partial charge on any atom is 0.228 e. The number of amides is 1. The summed E-state index contributed by atoms with van der Waals surface area (Å²) in [6, 6.07) is 19.5. The summed E-state index contributed by atoms with van der Waals surface area (Å²) < 4.78 is 18.9. The number of rotatable bonds is 4. The summed E-state index contributed by atoms with van der Waals surface area (Å²) in [7, 11) is 0. The second-order valence-electron chi connectivity index (χ2n) is 8.38. The molecule has 5 heteroatoms. The van der Waals surface area contributed by atoms with E-state index in [9.17, 15) is 9.18 Å². The summed E-state index contributed by atoms with van der Waals surface area (Å²) in [4.78, 5) is 16.9. The second kappa shape index (κ2) is 7.75. The van der Waals surface area contributed by atoms with E-state index in [1.807, 2.05) is 12.1 Å². The Balaban J connectivity index is 1.51. The quantitative estimate of drug-likeness (QED) is 0.448. The van der Waals surface area contributed by atoms with Crippen molar-refractivity contribution in [1.29, 1.82) is 0 Å². The highest BCUT2D eigenvalue weighted by Gasteiger charge is 2.15. The van der Waals surface area contributed by atoms with Gasteiger partial charge in [0.2, 0.25) is 11.8 Å². The number of benzene rings is 3. The molecule has 4 aromatic rings. The highest BCUT2D eigenvalue weighted by molar-refractivity contribution is 5.94. The van der Waals surface area contributed by atoms with Crippen LogP contribution < -0.4 is 5.32 Å². The molecule has 4 rings (SSSR count). The highest BCUT2D eigenvalue weighted by Crippen LogP contribution is 2.29. The molecule has 0 radical (unpaired) electrons. The maximum atomic E-state index is 13.0. The number of carbonyl (C=O) groups excluding carboxylic acids is 1. The Morgan fingerprint density at radius 3 is 2.37 bits per heavy atom. The number of aromatic nitrogens is 1. The van der Waals surface area contributed by atoms with Gasteiger partial charge in [0.05, 0.1) is 6.42 Å². The zero-order valence-electron chi connectivity index (χ0n) is 17.2. The van der Waals surface area contributed by atoms with Crippen molar-refractivity contribution in [2.75, 3.05) is 5.32 Å². The molecule has 1 amide bonds. The van der Waals surface area contributed by atoms with Crippen molar-refractivity contribution in [1.82, 2.24) is 4.98 Å². The number of anilines is 1. The Kier molecular flexibility index (Phi) is 5.12. The van der Waals surface area contributed by atoms with Crippen molar-refractivity contribution >= 4 is 22.7 Å². The van der Waals surface area contributed by atoms with Gasteiger partial charge in [-0.1, -0.05) is 45.0 Å². The standard InChI is InChI=1S/C25H23FN2O2/c1-25(2,3)18-8-6-17(7-9-18)24-28-21-15-20(12-13-22(21)30-24)27-23(29)14-16-4-10-19(26)11-5-16/h4-13,15H,14H2,1-3H3,(H,27,29). The van der Waals surface area contributed by atoms with Gasteiger partial charge in [-0.05, 0) is 59.0 Å². The third-order valence-corrected chi connectivity index (χ3v) is 4.95. The molecule has 0 saturated carbocycles. The Labute approximate surface area is 174 Å². The predicted molar refractivity (Wildman–Crippen MR) is 117 cm³/mol.